The Kier molecular flexibility index (Phi) is 2.40. The number of aliphatic hydroxyl groups excluding tert-OH is 1. The van der Waals surface area contributed by atoms with Crippen molar-refractivity contribution in [2.24, 2.45) is 0 Å². The molecule has 1 heterocycles. The van der Waals surface area contributed by atoms with Crippen LogP contribution >= 0.6 is 11.3 Å². The van der Waals surface area contributed by atoms with Gasteiger partial charge in [-0.2, -0.15) is 0 Å². The molecule has 0 aliphatic carbocycles. The monoisotopic (exact) mass is 157 g/mol. The third kappa shape index (κ3) is 1.36. The first-order valence-electron chi connectivity index (χ1n) is 3.33. The van der Waals surface area contributed by atoms with E-state index < -0.39 is 0 Å². The van der Waals surface area contributed by atoms with Crippen LogP contribution in [0.25, 0.3) is 0 Å². The summed E-state index contributed by atoms with van der Waals surface area (Å²) in [5.74, 6) is 0. The molecule has 0 saturated heterocycles. The Labute approximate surface area is 64.5 Å². The van der Waals surface area contributed by atoms with Crippen molar-refractivity contribution in [3.05, 3.63) is 16.1 Å². The zero-order valence-corrected chi connectivity index (χ0v) is 6.98. The zero-order valence-electron chi connectivity index (χ0n) is 6.16. The van der Waals surface area contributed by atoms with Gasteiger partial charge in [0.1, 0.15) is 0 Å². The predicted molar refractivity (Wildman–Crippen MR) is 42.1 cm³/mol. The molecule has 10 heavy (non-hydrogen) atoms. The Morgan fingerprint density at radius 2 is 2.50 bits per heavy atom. The lowest BCUT2D eigenvalue weighted by Crippen LogP contribution is -1.93. The van der Waals surface area contributed by atoms with Gasteiger partial charge in [-0.15, -0.1) is 11.3 Å². The van der Waals surface area contributed by atoms with Gasteiger partial charge < -0.3 is 5.11 Å². The largest absolute Gasteiger partial charge is 0.388 e. The molecule has 1 rings (SSSR count). The fraction of sp³-hybridized carbons (Fsp3) is 0.571. The Balaban J connectivity index is 2.82. The van der Waals surface area contributed by atoms with Gasteiger partial charge in [0.2, 0.25) is 0 Å². The van der Waals surface area contributed by atoms with Crippen LogP contribution in [-0.2, 0) is 0 Å². The molecule has 3 heteroatoms. The summed E-state index contributed by atoms with van der Waals surface area (Å²) < 4.78 is 0. The molecule has 0 saturated carbocycles. The molecule has 1 N–H and O–H groups in total. The van der Waals surface area contributed by atoms with E-state index in [4.69, 9.17) is 0 Å². The topological polar surface area (TPSA) is 33.1 Å². The maximum atomic E-state index is 9.37. The summed E-state index contributed by atoms with van der Waals surface area (Å²) in [4.78, 5) is 5.05. The quantitative estimate of drug-likeness (QED) is 0.711. The first-order chi connectivity index (χ1) is 4.75. The molecule has 0 fully saturated rings. The number of thiazole rings is 1. The third-order valence-corrected chi connectivity index (χ3v) is 2.50. The molecule has 2 nitrogen and oxygen atoms in total. The van der Waals surface area contributed by atoms with Crippen molar-refractivity contribution in [3.63, 3.8) is 0 Å². The van der Waals surface area contributed by atoms with Crippen molar-refractivity contribution >= 4 is 11.3 Å². The van der Waals surface area contributed by atoms with E-state index in [1.807, 2.05) is 13.8 Å². The van der Waals surface area contributed by atoms with Crippen LogP contribution in [0.3, 0.4) is 0 Å². The van der Waals surface area contributed by atoms with Crippen molar-refractivity contribution in [2.75, 3.05) is 0 Å². The minimum absolute atomic E-state index is 0.313. The average Bonchev–Trinajstić information content (AvgIpc) is 2.34. The number of nitrogens with zero attached hydrogens (tertiary/aromatic N) is 1. The number of aromatic nitrogens is 1. The fourth-order valence-electron chi connectivity index (χ4n) is 0.816. The van der Waals surface area contributed by atoms with Crippen molar-refractivity contribution in [1.82, 2.24) is 4.98 Å². The minimum Gasteiger partial charge on any atom is -0.388 e. The Hall–Kier alpha value is -0.410. The lowest BCUT2D eigenvalue weighted by atomic mass is 10.2. The summed E-state index contributed by atoms with van der Waals surface area (Å²) in [5, 5.41) is 9.37. The highest BCUT2D eigenvalue weighted by Gasteiger charge is 2.09. The standard InChI is InChI=1S/C7H11NOS/c1-3-6(9)7-5(2)8-4-10-7/h4,6,9H,3H2,1-2H3/t6-/m1/s1. The number of aliphatic hydroxyl groups is 1. The van der Waals surface area contributed by atoms with Crippen LogP contribution < -0.4 is 0 Å². The van der Waals surface area contributed by atoms with E-state index in [1.54, 1.807) is 5.51 Å². The van der Waals surface area contributed by atoms with Gasteiger partial charge in [-0.05, 0) is 13.3 Å². The summed E-state index contributed by atoms with van der Waals surface area (Å²) >= 11 is 1.52. The van der Waals surface area contributed by atoms with Gasteiger partial charge in [0.25, 0.3) is 0 Å². The van der Waals surface area contributed by atoms with Crippen molar-refractivity contribution in [1.29, 1.82) is 0 Å². The molecule has 0 aliphatic rings. The van der Waals surface area contributed by atoms with E-state index in [9.17, 15) is 5.11 Å². The van der Waals surface area contributed by atoms with E-state index in [0.717, 1.165) is 17.0 Å². The zero-order chi connectivity index (χ0) is 7.56. The highest BCUT2D eigenvalue weighted by atomic mass is 32.1. The second-order valence-electron chi connectivity index (χ2n) is 2.23. The lowest BCUT2D eigenvalue weighted by molar-refractivity contribution is 0.176. The number of rotatable bonds is 2. The lowest BCUT2D eigenvalue weighted by Gasteiger charge is -2.03. The molecular formula is C7H11NOS. The first kappa shape index (κ1) is 7.69. The van der Waals surface area contributed by atoms with Gasteiger partial charge in [0.15, 0.2) is 0 Å². The fourth-order valence-corrected chi connectivity index (χ4v) is 1.69. The highest BCUT2D eigenvalue weighted by Crippen LogP contribution is 2.23. The Morgan fingerprint density at radius 1 is 1.80 bits per heavy atom. The summed E-state index contributed by atoms with van der Waals surface area (Å²) in [6, 6.07) is 0. The molecule has 0 spiro atoms. The Bertz CT molecular complexity index is 209. The maximum Gasteiger partial charge on any atom is 0.0898 e. The predicted octanol–water partition coefficient (Wildman–Crippen LogP) is 1.89. The van der Waals surface area contributed by atoms with Crippen LogP contribution in [0.1, 0.15) is 30.0 Å². The second kappa shape index (κ2) is 3.12. The van der Waals surface area contributed by atoms with Gasteiger partial charge in [0, 0.05) is 0 Å². The van der Waals surface area contributed by atoms with Crippen molar-refractivity contribution in [2.45, 2.75) is 26.4 Å². The number of hydrogen-bond acceptors (Lipinski definition) is 3. The summed E-state index contributed by atoms with van der Waals surface area (Å²) in [6.07, 6.45) is 0.454. The van der Waals surface area contributed by atoms with Gasteiger partial charge in [-0.1, -0.05) is 6.92 Å². The second-order valence-corrected chi connectivity index (χ2v) is 3.11. The van der Waals surface area contributed by atoms with E-state index in [1.165, 1.54) is 11.3 Å². The summed E-state index contributed by atoms with van der Waals surface area (Å²) in [5.41, 5.74) is 2.73. The number of hydrogen-bond donors (Lipinski definition) is 1. The first-order valence-corrected chi connectivity index (χ1v) is 4.21. The maximum absolute atomic E-state index is 9.37. The molecule has 0 amide bonds. The van der Waals surface area contributed by atoms with E-state index in [-0.39, 0.29) is 6.10 Å². The SMILES string of the molecule is CC[C@@H](O)c1scnc1C. The van der Waals surface area contributed by atoms with Crippen LogP contribution in [0, 0.1) is 6.92 Å². The molecule has 1 atom stereocenters. The van der Waals surface area contributed by atoms with E-state index in [0.29, 0.717) is 0 Å². The molecule has 0 unspecified atom stereocenters. The molecule has 1 aromatic rings. The average molecular weight is 157 g/mol. The van der Waals surface area contributed by atoms with E-state index in [2.05, 4.69) is 4.98 Å². The third-order valence-electron chi connectivity index (χ3n) is 1.47. The van der Waals surface area contributed by atoms with E-state index >= 15 is 0 Å². The molecule has 0 radical (unpaired) electrons. The molecular weight excluding hydrogens is 146 g/mol. The van der Waals surface area contributed by atoms with Gasteiger partial charge in [-0.3, -0.25) is 0 Å². The minimum atomic E-state index is -0.313. The summed E-state index contributed by atoms with van der Waals surface area (Å²) in [6.45, 7) is 3.88. The van der Waals surface area contributed by atoms with Crippen LogP contribution in [0.2, 0.25) is 0 Å². The van der Waals surface area contributed by atoms with Crippen molar-refractivity contribution < 1.29 is 5.11 Å². The highest BCUT2D eigenvalue weighted by molar-refractivity contribution is 7.09. The molecule has 56 valence electrons. The number of aryl methyl sites for hydroxylation is 1. The molecule has 0 aromatic carbocycles. The van der Waals surface area contributed by atoms with Gasteiger partial charge in [-0.25, -0.2) is 4.98 Å². The van der Waals surface area contributed by atoms with Crippen molar-refractivity contribution in [3.8, 4) is 0 Å². The van der Waals surface area contributed by atoms with Gasteiger partial charge >= 0.3 is 0 Å². The summed E-state index contributed by atoms with van der Waals surface area (Å²) in [7, 11) is 0. The van der Waals surface area contributed by atoms with Crippen LogP contribution in [0.4, 0.5) is 0 Å². The van der Waals surface area contributed by atoms with Crippen LogP contribution in [0.5, 0.6) is 0 Å². The van der Waals surface area contributed by atoms with Gasteiger partial charge in [0.05, 0.1) is 22.2 Å². The van der Waals surface area contributed by atoms with Crippen LogP contribution in [0.15, 0.2) is 5.51 Å². The van der Waals surface area contributed by atoms with Crippen LogP contribution in [-0.4, -0.2) is 10.1 Å². The smallest absolute Gasteiger partial charge is 0.0898 e. The molecule has 0 aliphatic heterocycles. The molecule has 1 aromatic heterocycles. The normalized spacial score (nSPS) is 13.5. The Morgan fingerprint density at radius 3 is 2.90 bits per heavy atom. The molecule has 0 bridgehead atoms.